The van der Waals surface area contributed by atoms with Crippen molar-refractivity contribution in [2.45, 2.75) is 45.5 Å². The highest BCUT2D eigenvalue weighted by Crippen LogP contribution is 2.43. The molecule has 1 aliphatic carbocycles. The summed E-state index contributed by atoms with van der Waals surface area (Å²) in [6, 6.07) is 17.9. The third-order valence-corrected chi connectivity index (χ3v) is 5.34. The van der Waals surface area contributed by atoms with Gasteiger partial charge in [-0.1, -0.05) is 67.9 Å². The second-order valence-electron chi connectivity index (χ2n) is 8.01. The summed E-state index contributed by atoms with van der Waals surface area (Å²) in [4.78, 5) is 10.9. The maximum atomic E-state index is 13.4. The van der Waals surface area contributed by atoms with E-state index in [4.69, 9.17) is 5.11 Å². The Morgan fingerprint density at radius 1 is 1.03 bits per heavy atom. The van der Waals surface area contributed by atoms with Crippen LogP contribution in [0, 0.1) is 12.8 Å². The van der Waals surface area contributed by atoms with E-state index in [2.05, 4.69) is 6.07 Å². The number of alkyl halides is 2. The standard InChI is InChI=1S/C14H12O2.C11H14F2/c15-14(16)11-6-7-13-10(8-11)2-1-3-12(13)9-4-5-9;1-8(2)11(12,13)10-6-4-9(3)5-7-10/h1-3,6-9H,4-5H2,(H,15,16);4-8H,1-3H3. The van der Waals surface area contributed by atoms with Crippen LogP contribution in [0.15, 0.2) is 60.7 Å². The second-order valence-corrected chi connectivity index (χ2v) is 8.01. The summed E-state index contributed by atoms with van der Waals surface area (Å²) in [7, 11) is 0. The molecule has 0 unspecified atom stereocenters. The van der Waals surface area contributed by atoms with Crippen molar-refractivity contribution in [1.82, 2.24) is 0 Å². The smallest absolute Gasteiger partial charge is 0.335 e. The molecule has 0 bridgehead atoms. The summed E-state index contributed by atoms with van der Waals surface area (Å²) in [6.07, 6.45) is 2.53. The van der Waals surface area contributed by atoms with Gasteiger partial charge in [-0.05, 0) is 54.2 Å². The van der Waals surface area contributed by atoms with Gasteiger partial charge in [0.2, 0.25) is 0 Å². The Morgan fingerprint density at radius 3 is 2.24 bits per heavy atom. The van der Waals surface area contributed by atoms with E-state index < -0.39 is 17.8 Å². The maximum Gasteiger partial charge on any atom is 0.335 e. The molecule has 4 rings (SSSR count). The molecular weight excluding hydrogens is 370 g/mol. The number of hydrogen-bond acceptors (Lipinski definition) is 1. The molecule has 0 spiro atoms. The van der Waals surface area contributed by atoms with Gasteiger partial charge in [-0.15, -0.1) is 0 Å². The minimum atomic E-state index is -2.71. The topological polar surface area (TPSA) is 37.3 Å². The van der Waals surface area contributed by atoms with E-state index in [0.29, 0.717) is 11.5 Å². The Labute approximate surface area is 170 Å². The molecule has 1 fully saturated rings. The molecule has 3 aromatic carbocycles. The normalized spacial score (nSPS) is 13.9. The van der Waals surface area contributed by atoms with E-state index in [1.54, 1.807) is 24.3 Å². The van der Waals surface area contributed by atoms with Crippen LogP contribution in [0.4, 0.5) is 8.78 Å². The first-order valence-corrected chi connectivity index (χ1v) is 9.91. The number of fused-ring (bicyclic) bond motifs is 1. The van der Waals surface area contributed by atoms with Crippen molar-refractivity contribution in [3.05, 3.63) is 82.9 Å². The molecule has 0 atom stereocenters. The number of hydrogen-bond donors (Lipinski definition) is 1. The lowest BCUT2D eigenvalue weighted by molar-refractivity contribution is -0.0513. The first-order chi connectivity index (χ1) is 13.7. The van der Waals surface area contributed by atoms with E-state index in [9.17, 15) is 13.6 Å². The van der Waals surface area contributed by atoms with Gasteiger partial charge in [0.1, 0.15) is 0 Å². The number of benzene rings is 3. The van der Waals surface area contributed by atoms with E-state index >= 15 is 0 Å². The molecule has 0 saturated heterocycles. The Hall–Kier alpha value is -2.75. The molecule has 0 radical (unpaired) electrons. The molecule has 1 saturated carbocycles. The molecule has 0 heterocycles. The van der Waals surface area contributed by atoms with Gasteiger partial charge >= 0.3 is 5.97 Å². The molecule has 4 heteroatoms. The van der Waals surface area contributed by atoms with Crippen LogP contribution in [0.1, 0.15) is 59.7 Å². The number of carbonyl (C=O) groups is 1. The zero-order chi connectivity index (χ0) is 21.2. The average Bonchev–Trinajstić information content (AvgIpc) is 3.53. The Bertz CT molecular complexity index is 1000. The number of halogens is 2. The average molecular weight is 396 g/mol. The van der Waals surface area contributed by atoms with Crippen LogP contribution in [-0.4, -0.2) is 11.1 Å². The van der Waals surface area contributed by atoms with Crippen molar-refractivity contribution >= 4 is 16.7 Å². The van der Waals surface area contributed by atoms with Gasteiger partial charge in [-0.25, -0.2) is 13.6 Å². The fraction of sp³-hybridized carbons (Fsp3) is 0.320. The lowest BCUT2D eigenvalue weighted by Crippen LogP contribution is -2.20. The van der Waals surface area contributed by atoms with Gasteiger partial charge in [-0.3, -0.25) is 0 Å². The van der Waals surface area contributed by atoms with Crippen LogP contribution in [0.25, 0.3) is 10.8 Å². The maximum absolute atomic E-state index is 13.4. The number of carboxylic acid groups (broad SMARTS) is 1. The fourth-order valence-electron chi connectivity index (χ4n) is 3.30. The van der Waals surface area contributed by atoms with Gasteiger partial charge in [0.05, 0.1) is 5.56 Å². The molecule has 29 heavy (non-hydrogen) atoms. The predicted octanol–water partition coefficient (Wildman–Crippen LogP) is 7.16. The fourth-order valence-corrected chi connectivity index (χ4v) is 3.30. The first kappa shape index (κ1) is 21.0. The van der Waals surface area contributed by atoms with E-state index in [-0.39, 0.29) is 5.56 Å². The van der Waals surface area contributed by atoms with Gasteiger partial charge in [0.15, 0.2) is 0 Å². The number of aromatic carboxylic acids is 1. The van der Waals surface area contributed by atoms with E-state index in [0.717, 1.165) is 10.9 Å². The largest absolute Gasteiger partial charge is 0.478 e. The molecule has 3 aromatic rings. The van der Waals surface area contributed by atoms with Crippen molar-refractivity contribution in [2.24, 2.45) is 5.92 Å². The predicted molar refractivity (Wildman–Crippen MR) is 113 cm³/mol. The summed E-state index contributed by atoms with van der Waals surface area (Å²) in [5.74, 6) is -3.54. The van der Waals surface area contributed by atoms with Crippen LogP contribution >= 0.6 is 0 Å². The number of rotatable bonds is 4. The van der Waals surface area contributed by atoms with Gasteiger partial charge in [0.25, 0.3) is 5.92 Å². The summed E-state index contributed by atoms with van der Waals surface area (Å²) in [6.45, 7) is 4.94. The molecule has 2 nitrogen and oxygen atoms in total. The summed E-state index contributed by atoms with van der Waals surface area (Å²) in [5, 5.41) is 11.2. The molecule has 152 valence electrons. The molecular formula is C25H26F2O2. The van der Waals surface area contributed by atoms with Crippen LogP contribution in [0.3, 0.4) is 0 Å². The zero-order valence-corrected chi connectivity index (χ0v) is 17.0. The van der Waals surface area contributed by atoms with Crippen molar-refractivity contribution in [2.75, 3.05) is 0 Å². The minimum Gasteiger partial charge on any atom is -0.478 e. The number of aryl methyl sites for hydroxylation is 1. The van der Waals surface area contributed by atoms with E-state index in [1.807, 2.05) is 25.1 Å². The van der Waals surface area contributed by atoms with Crippen LogP contribution in [0.5, 0.6) is 0 Å². The summed E-state index contributed by atoms with van der Waals surface area (Å²) in [5.41, 5.74) is 2.84. The molecule has 0 aromatic heterocycles. The van der Waals surface area contributed by atoms with Crippen molar-refractivity contribution < 1.29 is 18.7 Å². The summed E-state index contributed by atoms with van der Waals surface area (Å²) < 4.78 is 26.8. The highest BCUT2D eigenvalue weighted by Gasteiger charge is 2.35. The molecule has 1 aliphatic rings. The van der Waals surface area contributed by atoms with E-state index in [1.165, 1.54) is 49.8 Å². The van der Waals surface area contributed by atoms with Crippen molar-refractivity contribution in [3.63, 3.8) is 0 Å². The van der Waals surface area contributed by atoms with Crippen LogP contribution in [-0.2, 0) is 5.92 Å². The lowest BCUT2D eigenvalue weighted by Gasteiger charge is -2.20. The Morgan fingerprint density at radius 2 is 1.69 bits per heavy atom. The third-order valence-electron chi connectivity index (χ3n) is 5.34. The quantitative estimate of drug-likeness (QED) is 0.508. The Kier molecular flexibility index (Phi) is 6.02. The lowest BCUT2D eigenvalue weighted by atomic mass is 9.97. The van der Waals surface area contributed by atoms with Gasteiger partial charge < -0.3 is 5.11 Å². The molecule has 0 aliphatic heterocycles. The highest BCUT2D eigenvalue weighted by atomic mass is 19.3. The van der Waals surface area contributed by atoms with Crippen LogP contribution < -0.4 is 0 Å². The Balaban J connectivity index is 0.000000170. The molecule has 1 N–H and O–H groups in total. The van der Waals surface area contributed by atoms with Crippen LogP contribution in [0.2, 0.25) is 0 Å². The zero-order valence-electron chi connectivity index (χ0n) is 17.0. The first-order valence-electron chi connectivity index (χ1n) is 9.91. The SMILES string of the molecule is Cc1ccc(C(F)(F)C(C)C)cc1.O=C(O)c1ccc2c(C3CC3)cccc2c1. The summed E-state index contributed by atoms with van der Waals surface area (Å²) >= 11 is 0. The van der Waals surface area contributed by atoms with Gasteiger partial charge in [0, 0.05) is 11.5 Å². The highest BCUT2D eigenvalue weighted by molar-refractivity contribution is 5.95. The molecule has 0 amide bonds. The third kappa shape index (κ3) is 4.81. The van der Waals surface area contributed by atoms with Gasteiger partial charge in [-0.2, -0.15) is 0 Å². The second kappa shape index (κ2) is 8.32. The van der Waals surface area contributed by atoms with Crippen molar-refractivity contribution in [1.29, 1.82) is 0 Å². The van der Waals surface area contributed by atoms with Crippen molar-refractivity contribution in [3.8, 4) is 0 Å². The minimum absolute atomic E-state index is 0.105. The number of carboxylic acids is 1. The monoisotopic (exact) mass is 396 g/mol.